The zero-order valence-electron chi connectivity index (χ0n) is 19.0. The molecule has 0 unspecified atom stereocenters. The zero-order valence-corrected chi connectivity index (χ0v) is 20.0. The van der Waals surface area contributed by atoms with Crippen LogP contribution in [0, 0.1) is 5.82 Å². The van der Waals surface area contributed by atoms with Gasteiger partial charge in [0.15, 0.2) is 0 Å². The van der Waals surface area contributed by atoms with Crippen molar-refractivity contribution in [3.63, 3.8) is 0 Å². The summed E-state index contributed by atoms with van der Waals surface area (Å²) >= 11 is 0. The number of hydrogen-bond donors (Lipinski definition) is 1. The predicted molar refractivity (Wildman–Crippen MR) is 131 cm³/mol. The number of nitrogens with one attached hydrogen (secondary N) is 1. The maximum atomic E-state index is 13.2. The van der Waals surface area contributed by atoms with Crippen LogP contribution in [-0.4, -0.2) is 35.4 Å². The lowest BCUT2D eigenvalue weighted by atomic mass is 10.1. The highest BCUT2D eigenvalue weighted by molar-refractivity contribution is 6.76. The number of amides is 1. The van der Waals surface area contributed by atoms with E-state index in [2.05, 4.69) is 29.9 Å². The fraction of sp³-hybridized carbons (Fsp3) is 0.240. The summed E-state index contributed by atoms with van der Waals surface area (Å²) in [6, 6.07) is 16.0. The lowest BCUT2D eigenvalue weighted by molar-refractivity contribution is 0.0818. The van der Waals surface area contributed by atoms with Crippen molar-refractivity contribution < 1.29 is 13.9 Å². The number of halogens is 1. The summed E-state index contributed by atoms with van der Waals surface area (Å²) in [4.78, 5) is 16.8. The van der Waals surface area contributed by atoms with Crippen molar-refractivity contribution in [2.24, 2.45) is 0 Å². The van der Waals surface area contributed by atoms with Crippen LogP contribution in [0.1, 0.15) is 10.4 Å². The highest BCUT2D eigenvalue weighted by atomic mass is 28.3. The fourth-order valence-corrected chi connectivity index (χ4v) is 4.16. The van der Waals surface area contributed by atoms with E-state index in [1.165, 1.54) is 24.3 Å². The Morgan fingerprint density at radius 1 is 1.12 bits per heavy atom. The molecule has 2 aromatic heterocycles. The van der Waals surface area contributed by atoms with Crippen LogP contribution in [0.15, 0.2) is 67.0 Å². The largest absolute Gasteiger partial charge is 0.360 e. The minimum Gasteiger partial charge on any atom is -0.360 e. The quantitative estimate of drug-likeness (QED) is 0.265. The number of carbonyl (C=O) groups excluding carboxylic acids is 1. The van der Waals surface area contributed by atoms with Gasteiger partial charge in [0, 0.05) is 49.3 Å². The van der Waals surface area contributed by atoms with Gasteiger partial charge >= 0.3 is 0 Å². The molecule has 1 N–H and O–H groups in total. The second-order valence-electron chi connectivity index (χ2n) is 9.13. The van der Waals surface area contributed by atoms with Gasteiger partial charge in [-0.25, -0.2) is 9.07 Å². The van der Waals surface area contributed by atoms with E-state index >= 15 is 0 Å². The van der Waals surface area contributed by atoms with Gasteiger partial charge in [-0.1, -0.05) is 19.6 Å². The maximum absolute atomic E-state index is 13.2. The Hall–Kier alpha value is -3.36. The van der Waals surface area contributed by atoms with Crippen molar-refractivity contribution in [3.05, 3.63) is 78.4 Å². The van der Waals surface area contributed by atoms with Crippen LogP contribution in [0.2, 0.25) is 25.7 Å². The molecule has 1 amide bonds. The number of benzene rings is 2. The van der Waals surface area contributed by atoms with Gasteiger partial charge in [0.1, 0.15) is 18.2 Å². The zero-order chi connectivity index (χ0) is 23.4. The number of carbonyl (C=O) groups is 1. The molecule has 0 bridgehead atoms. The van der Waals surface area contributed by atoms with E-state index in [0.29, 0.717) is 24.6 Å². The molecule has 0 aliphatic carbocycles. The molecule has 0 saturated heterocycles. The lowest BCUT2D eigenvalue weighted by Gasteiger charge is -2.15. The molecule has 2 heterocycles. The number of nitrogens with zero attached hydrogens (tertiary/aromatic N) is 3. The fourth-order valence-electron chi connectivity index (χ4n) is 3.41. The summed E-state index contributed by atoms with van der Waals surface area (Å²) in [6.07, 6.45) is 3.48. The molecule has 4 aromatic rings. The van der Waals surface area contributed by atoms with E-state index in [-0.39, 0.29) is 11.7 Å². The SMILES string of the molecule is C[Si](C)(C)CCOCn1nc(-c2cccnc2)c2cc(NC(=O)c3ccc(F)cc3)ccc21. The topological polar surface area (TPSA) is 69.0 Å². The van der Waals surface area contributed by atoms with Crippen LogP contribution in [0.25, 0.3) is 22.2 Å². The van der Waals surface area contributed by atoms with Gasteiger partial charge in [-0.2, -0.15) is 5.10 Å². The second kappa shape index (κ2) is 9.64. The van der Waals surface area contributed by atoms with Crippen LogP contribution in [0.4, 0.5) is 10.1 Å². The molecule has 0 spiro atoms. The van der Waals surface area contributed by atoms with Crippen molar-refractivity contribution in [3.8, 4) is 11.3 Å². The van der Waals surface area contributed by atoms with Crippen LogP contribution < -0.4 is 5.32 Å². The molecule has 0 aliphatic heterocycles. The van der Waals surface area contributed by atoms with Gasteiger partial charge in [-0.05, 0) is 60.6 Å². The lowest BCUT2D eigenvalue weighted by Crippen LogP contribution is -2.22. The van der Waals surface area contributed by atoms with E-state index in [9.17, 15) is 9.18 Å². The van der Waals surface area contributed by atoms with Gasteiger partial charge in [0.25, 0.3) is 5.91 Å². The monoisotopic (exact) mass is 462 g/mol. The molecule has 170 valence electrons. The molecular formula is C25H27FN4O2Si. The molecule has 0 aliphatic rings. The Morgan fingerprint density at radius 2 is 1.91 bits per heavy atom. The molecule has 2 aromatic carbocycles. The number of fused-ring (bicyclic) bond motifs is 1. The normalized spacial score (nSPS) is 11.6. The second-order valence-corrected chi connectivity index (χ2v) is 14.8. The van der Waals surface area contributed by atoms with Crippen LogP contribution >= 0.6 is 0 Å². The Morgan fingerprint density at radius 3 is 2.61 bits per heavy atom. The minimum atomic E-state index is -1.17. The van der Waals surface area contributed by atoms with Crippen LogP contribution in [-0.2, 0) is 11.5 Å². The standard InChI is InChI=1S/C25H27FN4O2Si/c1-33(2,3)14-13-32-17-30-23-11-10-21(28-25(31)18-6-8-20(26)9-7-18)15-22(23)24(29-30)19-5-4-12-27-16-19/h4-12,15-16H,13-14,17H2,1-3H3,(H,28,31). The molecule has 0 fully saturated rings. The molecule has 4 rings (SSSR count). The smallest absolute Gasteiger partial charge is 0.255 e. The van der Waals surface area contributed by atoms with Gasteiger partial charge in [0.2, 0.25) is 0 Å². The van der Waals surface area contributed by atoms with Crippen molar-refractivity contribution in [1.29, 1.82) is 0 Å². The van der Waals surface area contributed by atoms with Crippen molar-refractivity contribution in [1.82, 2.24) is 14.8 Å². The van der Waals surface area contributed by atoms with Crippen LogP contribution in [0.3, 0.4) is 0 Å². The Labute approximate surface area is 193 Å². The number of hydrogen-bond acceptors (Lipinski definition) is 4. The average Bonchev–Trinajstić information content (AvgIpc) is 3.15. The van der Waals surface area contributed by atoms with E-state index in [1.54, 1.807) is 12.4 Å². The minimum absolute atomic E-state index is 0.306. The molecule has 0 atom stereocenters. The van der Waals surface area contributed by atoms with Gasteiger partial charge in [-0.15, -0.1) is 0 Å². The molecule has 8 heteroatoms. The highest BCUT2D eigenvalue weighted by Crippen LogP contribution is 2.30. The summed E-state index contributed by atoms with van der Waals surface area (Å²) in [6.45, 7) is 8.01. The molecule has 0 radical (unpaired) electrons. The van der Waals surface area contributed by atoms with E-state index in [0.717, 1.165) is 28.2 Å². The molecular weight excluding hydrogens is 435 g/mol. The number of rotatable bonds is 8. The first-order chi connectivity index (χ1) is 15.8. The predicted octanol–water partition coefficient (Wildman–Crippen LogP) is 5.80. The van der Waals surface area contributed by atoms with Crippen molar-refractivity contribution in [2.75, 3.05) is 11.9 Å². The number of pyridine rings is 1. The summed E-state index contributed by atoms with van der Waals surface area (Å²) in [7, 11) is -1.17. The number of aromatic nitrogens is 3. The molecule has 33 heavy (non-hydrogen) atoms. The first kappa shape index (κ1) is 22.8. The Kier molecular flexibility index (Phi) is 6.66. The Bertz CT molecular complexity index is 1250. The summed E-state index contributed by atoms with van der Waals surface area (Å²) in [5.74, 6) is -0.687. The average molecular weight is 463 g/mol. The third-order valence-corrected chi connectivity index (χ3v) is 6.96. The summed E-state index contributed by atoms with van der Waals surface area (Å²) in [5.41, 5.74) is 3.56. The molecule has 0 saturated carbocycles. The van der Waals surface area contributed by atoms with Gasteiger partial charge in [0.05, 0.1) is 5.52 Å². The first-order valence-electron chi connectivity index (χ1n) is 10.9. The van der Waals surface area contributed by atoms with Crippen molar-refractivity contribution in [2.45, 2.75) is 32.4 Å². The van der Waals surface area contributed by atoms with Gasteiger partial charge < -0.3 is 10.1 Å². The first-order valence-corrected chi connectivity index (χ1v) is 14.6. The summed E-state index contributed by atoms with van der Waals surface area (Å²) in [5, 5.41) is 8.56. The third kappa shape index (κ3) is 5.71. The van der Waals surface area contributed by atoms with E-state index < -0.39 is 8.07 Å². The highest BCUT2D eigenvalue weighted by Gasteiger charge is 2.16. The summed E-state index contributed by atoms with van der Waals surface area (Å²) < 4.78 is 20.9. The maximum Gasteiger partial charge on any atom is 0.255 e. The Balaban J connectivity index is 1.62. The van der Waals surface area contributed by atoms with E-state index in [4.69, 9.17) is 9.84 Å². The third-order valence-electron chi connectivity index (χ3n) is 5.26. The number of anilines is 1. The van der Waals surface area contributed by atoms with Gasteiger partial charge in [-0.3, -0.25) is 9.78 Å². The van der Waals surface area contributed by atoms with Crippen LogP contribution in [0.5, 0.6) is 0 Å². The molecule has 6 nitrogen and oxygen atoms in total. The number of ether oxygens (including phenoxy) is 1. The van der Waals surface area contributed by atoms with E-state index in [1.807, 2.05) is 35.0 Å². The van der Waals surface area contributed by atoms with Crippen molar-refractivity contribution >= 4 is 30.6 Å².